The Morgan fingerprint density at radius 1 is 1.06 bits per heavy atom. The first-order chi connectivity index (χ1) is 15.5. The number of thioether (sulfide) groups is 1. The van der Waals surface area contributed by atoms with E-state index in [1.807, 2.05) is 22.7 Å². The summed E-state index contributed by atoms with van der Waals surface area (Å²) in [5.74, 6) is 1.96. The average Bonchev–Trinajstić information content (AvgIpc) is 2.83. The van der Waals surface area contributed by atoms with E-state index in [0.29, 0.717) is 6.42 Å². The number of benzene rings is 2. The number of carbonyl (C=O) groups excluding carboxylic acids is 1. The Bertz CT molecular complexity index is 1020. The Labute approximate surface area is 192 Å². The number of fused-ring (bicyclic) bond motifs is 3. The summed E-state index contributed by atoms with van der Waals surface area (Å²) in [5.41, 5.74) is 4.48. The van der Waals surface area contributed by atoms with Gasteiger partial charge < -0.3 is 14.7 Å². The number of rotatable bonds is 3. The van der Waals surface area contributed by atoms with Crippen LogP contribution in [0.1, 0.15) is 11.1 Å². The molecule has 3 aliphatic heterocycles. The highest BCUT2D eigenvalue weighted by Gasteiger charge is 2.43. The monoisotopic (exact) mass is 452 g/mol. The Balaban J connectivity index is 1.48. The molecule has 2 aromatic carbocycles. The van der Waals surface area contributed by atoms with Gasteiger partial charge in [-0.2, -0.15) is 11.8 Å². The van der Waals surface area contributed by atoms with E-state index in [1.165, 1.54) is 11.3 Å². The predicted octanol–water partition coefficient (Wildman–Crippen LogP) is 3.35. The lowest BCUT2D eigenvalue weighted by atomic mass is 9.82. The number of non-ortho nitro benzene ring substituents is 1. The summed E-state index contributed by atoms with van der Waals surface area (Å²) in [7, 11) is 0. The van der Waals surface area contributed by atoms with E-state index in [1.54, 1.807) is 12.1 Å². The summed E-state index contributed by atoms with van der Waals surface area (Å²) in [4.78, 5) is 31.4. The van der Waals surface area contributed by atoms with Crippen molar-refractivity contribution in [2.45, 2.75) is 19.4 Å². The van der Waals surface area contributed by atoms with Crippen LogP contribution in [0.15, 0.2) is 42.5 Å². The molecule has 3 heterocycles. The van der Waals surface area contributed by atoms with Crippen molar-refractivity contribution >= 4 is 34.7 Å². The minimum absolute atomic E-state index is 0.0566. The molecule has 2 aromatic rings. The molecule has 2 atom stereocenters. The van der Waals surface area contributed by atoms with Gasteiger partial charge in [-0.1, -0.05) is 17.7 Å². The van der Waals surface area contributed by atoms with Crippen molar-refractivity contribution in [3.63, 3.8) is 0 Å². The molecule has 3 aliphatic rings. The summed E-state index contributed by atoms with van der Waals surface area (Å²) < 4.78 is 0. The van der Waals surface area contributed by atoms with Gasteiger partial charge in [0.1, 0.15) is 0 Å². The molecule has 0 N–H and O–H groups in total. The van der Waals surface area contributed by atoms with E-state index in [9.17, 15) is 14.9 Å². The van der Waals surface area contributed by atoms with Crippen LogP contribution in [0.5, 0.6) is 0 Å². The van der Waals surface area contributed by atoms with Crippen molar-refractivity contribution in [3.8, 4) is 0 Å². The van der Waals surface area contributed by atoms with Crippen LogP contribution in [-0.2, 0) is 11.2 Å². The number of aryl methyl sites for hydroxylation is 1. The SMILES string of the molecule is Cc1ccc(N2CCN3c4ccc([N+](=O)[O-])cc4C[C@@H](C(=O)N4CCSCC4)[C@H]3C2)cc1. The second-order valence-electron chi connectivity index (χ2n) is 8.86. The van der Waals surface area contributed by atoms with Gasteiger partial charge in [-0.05, 0) is 37.1 Å². The summed E-state index contributed by atoms with van der Waals surface area (Å²) in [6.07, 6.45) is 0.558. The molecule has 2 fully saturated rings. The molecule has 0 saturated carbocycles. The number of carbonyl (C=O) groups is 1. The maximum absolute atomic E-state index is 13.7. The fourth-order valence-corrected chi connectivity index (χ4v) is 6.12. The minimum atomic E-state index is -0.347. The van der Waals surface area contributed by atoms with Gasteiger partial charge in [0, 0.05) is 67.7 Å². The van der Waals surface area contributed by atoms with Crippen LogP contribution >= 0.6 is 11.8 Å². The molecule has 168 valence electrons. The first kappa shape index (κ1) is 21.1. The zero-order valence-electron chi connectivity index (χ0n) is 18.3. The number of hydrogen-bond donors (Lipinski definition) is 0. The molecule has 0 aromatic heterocycles. The third-order valence-corrected chi connectivity index (χ3v) is 7.89. The highest BCUT2D eigenvalue weighted by Crippen LogP contribution is 2.39. The highest BCUT2D eigenvalue weighted by atomic mass is 32.2. The van der Waals surface area contributed by atoms with Crippen LogP contribution in [0.3, 0.4) is 0 Å². The van der Waals surface area contributed by atoms with Crippen LogP contribution < -0.4 is 9.80 Å². The first-order valence-corrected chi connectivity index (χ1v) is 12.4. The van der Waals surface area contributed by atoms with Gasteiger partial charge >= 0.3 is 0 Å². The van der Waals surface area contributed by atoms with E-state index in [4.69, 9.17) is 0 Å². The molecule has 0 radical (unpaired) electrons. The van der Waals surface area contributed by atoms with Gasteiger partial charge in [0.25, 0.3) is 5.69 Å². The smallest absolute Gasteiger partial charge is 0.269 e. The number of nitro groups is 1. The summed E-state index contributed by atoms with van der Waals surface area (Å²) in [6.45, 7) is 6.09. The maximum Gasteiger partial charge on any atom is 0.269 e. The third kappa shape index (κ3) is 3.92. The van der Waals surface area contributed by atoms with Crippen molar-refractivity contribution in [2.24, 2.45) is 5.92 Å². The standard InChI is InChI=1S/C24H28N4O3S/c1-17-2-4-19(5-3-17)26-8-9-27-22-7-6-20(28(30)31)14-18(22)15-21(23(27)16-26)24(29)25-10-12-32-13-11-25/h2-7,14,21,23H,8-13,15-16H2,1H3/t21-,23-/m1/s1. The third-order valence-electron chi connectivity index (χ3n) is 6.95. The van der Waals surface area contributed by atoms with Crippen molar-refractivity contribution in [1.29, 1.82) is 0 Å². The van der Waals surface area contributed by atoms with Crippen LogP contribution in [0, 0.1) is 23.0 Å². The average molecular weight is 453 g/mol. The number of anilines is 2. The van der Waals surface area contributed by atoms with Gasteiger partial charge in [-0.15, -0.1) is 0 Å². The Kier molecular flexibility index (Phi) is 5.71. The normalized spacial score (nSPS) is 22.8. The zero-order valence-corrected chi connectivity index (χ0v) is 19.1. The molecule has 32 heavy (non-hydrogen) atoms. The predicted molar refractivity (Wildman–Crippen MR) is 129 cm³/mol. The van der Waals surface area contributed by atoms with Crippen LogP contribution in [0.4, 0.5) is 17.1 Å². The van der Waals surface area contributed by atoms with Gasteiger partial charge in [0.15, 0.2) is 0 Å². The lowest BCUT2D eigenvalue weighted by Crippen LogP contribution is -2.62. The van der Waals surface area contributed by atoms with Crippen LogP contribution in [-0.4, -0.2) is 66.0 Å². The first-order valence-electron chi connectivity index (χ1n) is 11.2. The zero-order chi connectivity index (χ0) is 22.2. The van der Waals surface area contributed by atoms with Gasteiger partial charge in [-0.25, -0.2) is 0 Å². The van der Waals surface area contributed by atoms with E-state index in [0.717, 1.165) is 55.5 Å². The summed E-state index contributed by atoms with van der Waals surface area (Å²) in [5, 5.41) is 11.4. The Hall–Kier alpha value is -2.74. The molecular weight excluding hydrogens is 424 g/mol. The number of hydrogen-bond acceptors (Lipinski definition) is 6. The summed E-state index contributed by atoms with van der Waals surface area (Å²) >= 11 is 1.89. The van der Waals surface area contributed by atoms with Crippen LogP contribution in [0.25, 0.3) is 0 Å². The Morgan fingerprint density at radius 2 is 1.81 bits per heavy atom. The fourth-order valence-electron chi connectivity index (χ4n) is 5.22. The number of nitro benzene ring substituents is 1. The second-order valence-corrected chi connectivity index (χ2v) is 10.1. The van der Waals surface area contributed by atoms with Gasteiger partial charge in [0.05, 0.1) is 16.9 Å². The number of piperazine rings is 1. The van der Waals surface area contributed by atoms with Crippen LogP contribution in [0.2, 0.25) is 0 Å². The fraction of sp³-hybridized carbons (Fsp3) is 0.458. The topological polar surface area (TPSA) is 69.9 Å². The maximum atomic E-state index is 13.7. The van der Waals surface area contributed by atoms with Crippen molar-refractivity contribution in [1.82, 2.24) is 4.90 Å². The molecule has 1 amide bonds. The van der Waals surface area contributed by atoms with E-state index in [2.05, 4.69) is 41.0 Å². The molecule has 8 heteroatoms. The Morgan fingerprint density at radius 3 is 2.53 bits per heavy atom. The molecule has 5 rings (SSSR count). The van der Waals surface area contributed by atoms with E-state index in [-0.39, 0.29) is 28.5 Å². The molecule has 0 spiro atoms. The summed E-state index contributed by atoms with van der Waals surface area (Å²) in [6, 6.07) is 13.8. The molecule has 0 unspecified atom stereocenters. The molecular formula is C24H28N4O3S. The molecule has 7 nitrogen and oxygen atoms in total. The van der Waals surface area contributed by atoms with Gasteiger partial charge in [0.2, 0.25) is 5.91 Å². The largest absolute Gasteiger partial charge is 0.368 e. The molecule has 0 aliphatic carbocycles. The lowest BCUT2D eigenvalue weighted by molar-refractivity contribution is -0.384. The van der Waals surface area contributed by atoms with Crippen molar-refractivity contribution in [2.75, 3.05) is 54.0 Å². The van der Waals surface area contributed by atoms with Crippen molar-refractivity contribution < 1.29 is 9.72 Å². The molecule has 2 saturated heterocycles. The minimum Gasteiger partial charge on any atom is -0.368 e. The van der Waals surface area contributed by atoms with Gasteiger partial charge in [-0.3, -0.25) is 14.9 Å². The number of amides is 1. The quantitative estimate of drug-likeness (QED) is 0.526. The second kappa shape index (κ2) is 8.65. The van der Waals surface area contributed by atoms with E-state index >= 15 is 0 Å². The number of nitrogens with zero attached hydrogens (tertiary/aromatic N) is 4. The van der Waals surface area contributed by atoms with E-state index < -0.39 is 0 Å². The highest BCUT2D eigenvalue weighted by molar-refractivity contribution is 7.99. The lowest BCUT2D eigenvalue weighted by Gasteiger charge is -2.50. The van der Waals surface area contributed by atoms with Crippen molar-refractivity contribution in [3.05, 3.63) is 63.7 Å². The molecule has 0 bridgehead atoms.